The van der Waals surface area contributed by atoms with Gasteiger partial charge in [0.1, 0.15) is 12.2 Å². The van der Waals surface area contributed by atoms with Crippen molar-refractivity contribution in [3.8, 4) is 0 Å². The molecule has 0 spiro atoms. The molecule has 0 amide bonds. The van der Waals surface area contributed by atoms with Crippen LogP contribution >= 0.6 is 0 Å². The van der Waals surface area contributed by atoms with Gasteiger partial charge in [0.05, 0.1) is 5.60 Å². The molecule has 0 atom stereocenters. The van der Waals surface area contributed by atoms with Crippen molar-refractivity contribution >= 4 is 0 Å². The molecular formula is C15H27N3O. The molecule has 4 heteroatoms. The van der Waals surface area contributed by atoms with Gasteiger partial charge in [-0.05, 0) is 37.0 Å². The standard InChI is InChI=1S/C15H27N3O/c1-12(2)10-18-13(16-11-17-18)9-15(19)7-5-14(3,4)6-8-15/h11-12,19H,5-10H2,1-4H3. The zero-order valence-corrected chi connectivity index (χ0v) is 12.7. The van der Waals surface area contributed by atoms with Gasteiger partial charge in [-0.15, -0.1) is 0 Å². The van der Waals surface area contributed by atoms with Crippen LogP contribution in [0.4, 0.5) is 0 Å². The number of aliphatic hydroxyl groups is 1. The van der Waals surface area contributed by atoms with Gasteiger partial charge in [0.2, 0.25) is 0 Å². The van der Waals surface area contributed by atoms with E-state index in [2.05, 4.69) is 37.8 Å². The summed E-state index contributed by atoms with van der Waals surface area (Å²) in [5.41, 5.74) is -0.213. The van der Waals surface area contributed by atoms with E-state index in [1.165, 1.54) is 0 Å². The molecule has 1 aliphatic carbocycles. The SMILES string of the molecule is CC(C)Cn1ncnc1CC1(O)CCC(C)(C)CC1. The minimum Gasteiger partial charge on any atom is -0.389 e. The van der Waals surface area contributed by atoms with Crippen molar-refractivity contribution in [3.05, 3.63) is 12.2 Å². The largest absolute Gasteiger partial charge is 0.389 e. The summed E-state index contributed by atoms with van der Waals surface area (Å²) in [6, 6.07) is 0. The summed E-state index contributed by atoms with van der Waals surface area (Å²) in [5, 5.41) is 15.0. The van der Waals surface area contributed by atoms with Crippen LogP contribution in [0.15, 0.2) is 6.33 Å². The van der Waals surface area contributed by atoms with Crippen LogP contribution in [0.3, 0.4) is 0 Å². The highest BCUT2D eigenvalue weighted by atomic mass is 16.3. The summed E-state index contributed by atoms with van der Waals surface area (Å²) in [7, 11) is 0. The normalized spacial score (nSPS) is 21.8. The van der Waals surface area contributed by atoms with Crippen molar-refractivity contribution in [2.24, 2.45) is 11.3 Å². The van der Waals surface area contributed by atoms with Crippen LogP contribution < -0.4 is 0 Å². The van der Waals surface area contributed by atoms with Crippen molar-refractivity contribution in [3.63, 3.8) is 0 Å². The zero-order chi connectivity index (χ0) is 14.1. The Morgan fingerprint density at radius 2 is 1.89 bits per heavy atom. The predicted molar refractivity (Wildman–Crippen MR) is 75.8 cm³/mol. The molecule has 19 heavy (non-hydrogen) atoms. The summed E-state index contributed by atoms with van der Waals surface area (Å²) in [4.78, 5) is 4.34. The number of hydrogen-bond acceptors (Lipinski definition) is 3. The molecule has 1 heterocycles. The zero-order valence-electron chi connectivity index (χ0n) is 12.7. The first-order valence-electron chi connectivity index (χ1n) is 7.39. The predicted octanol–water partition coefficient (Wildman–Crippen LogP) is 2.81. The Balaban J connectivity index is 2.03. The Labute approximate surface area is 116 Å². The molecule has 0 bridgehead atoms. The van der Waals surface area contributed by atoms with E-state index in [1.807, 2.05) is 4.68 Å². The molecule has 1 aliphatic rings. The van der Waals surface area contributed by atoms with Crippen molar-refractivity contribution in [2.45, 2.75) is 71.9 Å². The van der Waals surface area contributed by atoms with Crippen molar-refractivity contribution < 1.29 is 5.11 Å². The fraction of sp³-hybridized carbons (Fsp3) is 0.867. The maximum Gasteiger partial charge on any atom is 0.138 e. The Bertz CT molecular complexity index is 413. The minimum atomic E-state index is -0.586. The van der Waals surface area contributed by atoms with Gasteiger partial charge < -0.3 is 5.11 Å². The Kier molecular flexibility index (Phi) is 4.00. The summed E-state index contributed by atoms with van der Waals surface area (Å²) >= 11 is 0. The first-order chi connectivity index (χ1) is 8.80. The first kappa shape index (κ1) is 14.5. The topological polar surface area (TPSA) is 50.9 Å². The lowest BCUT2D eigenvalue weighted by Crippen LogP contribution is -2.39. The third kappa shape index (κ3) is 3.78. The van der Waals surface area contributed by atoms with Gasteiger partial charge in [0.15, 0.2) is 0 Å². The lowest BCUT2D eigenvalue weighted by atomic mass is 9.70. The van der Waals surface area contributed by atoms with Crippen LogP contribution in [0.5, 0.6) is 0 Å². The Morgan fingerprint density at radius 1 is 1.26 bits per heavy atom. The maximum absolute atomic E-state index is 10.8. The van der Waals surface area contributed by atoms with Crippen LogP contribution in [0.25, 0.3) is 0 Å². The number of rotatable bonds is 4. The highest BCUT2D eigenvalue weighted by Crippen LogP contribution is 2.41. The second-order valence-electron chi connectivity index (χ2n) is 7.32. The fourth-order valence-electron chi connectivity index (χ4n) is 2.79. The van der Waals surface area contributed by atoms with E-state index >= 15 is 0 Å². The maximum atomic E-state index is 10.8. The van der Waals surface area contributed by atoms with Crippen molar-refractivity contribution in [1.29, 1.82) is 0 Å². The number of hydrogen-bond donors (Lipinski definition) is 1. The van der Waals surface area contributed by atoms with E-state index in [9.17, 15) is 5.11 Å². The Hall–Kier alpha value is -0.900. The van der Waals surface area contributed by atoms with Crippen LogP contribution in [0, 0.1) is 11.3 Å². The monoisotopic (exact) mass is 265 g/mol. The average molecular weight is 265 g/mol. The van der Waals surface area contributed by atoms with E-state index in [1.54, 1.807) is 6.33 Å². The molecule has 0 saturated heterocycles. The van der Waals surface area contributed by atoms with E-state index in [0.717, 1.165) is 38.1 Å². The van der Waals surface area contributed by atoms with Crippen LogP contribution in [0.1, 0.15) is 59.2 Å². The molecule has 2 rings (SSSR count). The molecule has 1 saturated carbocycles. The highest BCUT2D eigenvalue weighted by molar-refractivity contribution is 4.98. The van der Waals surface area contributed by atoms with Gasteiger partial charge in [-0.2, -0.15) is 5.10 Å². The second kappa shape index (κ2) is 5.23. The van der Waals surface area contributed by atoms with Gasteiger partial charge in [-0.25, -0.2) is 9.67 Å². The molecule has 1 aromatic heterocycles. The molecular weight excluding hydrogens is 238 g/mol. The van der Waals surface area contributed by atoms with Gasteiger partial charge in [-0.3, -0.25) is 0 Å². The molecule has 0 aromatic carbocycles. The fourth-order valence-corrected chi connectivity index (χ4v) is 2.79. The molecule has 1 N–H and O–H groups in total. The van der Waals surface area contributed by atoms with Gasteiger partial charge in [0.25, 0.3) is 0 Å². The van der Waals surface area contributed by atoms with E-state index in [0.29, 0.717) is 17.8 Å². The molecule has 0 radical (unpaired) electrons. The molecule has 0 unspecified atom stereocenters. The van der Waals surface area contributed by atoms with Crippen molar-refractivity contribution in [2.75, 3.05) is 0 Å². The third-order valence-corrected chi connectivity index (χ3v) is 4.26. The summed E-state index contributed by atoms with van der Waals surface area (Å²) < 4.78 is 1.95. The third-order valence-electron chi connectivity index (χ3n) is 4.26. The van der Waals surface area contributed by atoms with Gasteiger partial charge in [0, 0.05) is 13.0 Å². The van der Waals surface area contributed by atoms with Crippen LogP contribution in [0.2, 0.25) is 0 Å². The highest BCUT2D eigenvalue weighted by Gasteiger charge is 2.37. The van der Waals surface area contributed by atoms with Gasteiger partial charge >= 0.3 is 0 Å². The van der Waals surface area contributed by atoms with E-state index < -0.39 is 5.60 Å². The number of nitrogens with zero attached hydrogens (tertiary/aromatic N) is 3. The molecule has 0 aliphatic heterocycles. The summed E-state index contributed by atoms with van der Waals surface area (Å²) in [5.74, 6) is 1.47. The van der Waals surface area contributed by atoms with E-state index in [-0.39, 0.29) is 0 Å². The van der Waals surface area contributed by atoms with Gasteiger partial charge in [-0.1, -0.05) is 27.7 Å². The van der Waals surface area contributed by atoms with E-state index in [4.69, 9.17) is 0 Å². The quantitative estimate of drug-likeness (QED) is 0.910. The lowest BCUT2D eigenvalue weighted by molar-refractivity contribution is -0.0273. The Morgan fingerprint density at radius 3 is 2.47 bits per heavy atom. The van der Waals surface area contributed by atoms with Crippen molar-refractivity contribution in [1.82, 2.24) is 14.8 Å². The van der Waals surface area contributed by atoms with Crippen LogP contribution in [-0.2, 0) is 13.0 Å². The van der Waals surface area contributed by atoms with Crippen LogP contribution in [-0.4, -0.2) is 25.5 Å². The second-order valence-corrected chi connectivity index (χ2v) is 7.32. The first-order valence-corrected chi connectivity index (χ1v) is 7.39. The molecule has 1 aromatic rings. The molecule has 108 valence electrons. The molecule has 4 nitrogen and oxygen atoms in total. The summed E-state index contributed by atoms with van der Waals surface area (Å²) in [6.07, 6.45) is 6.15. The minimum absolute atomic E-state index is 0.373. The lowest BCUT2D eigenvalue weighted by Gasteiger charge is -2.40. The summed E-state index contributed by atoms with van der Waals surface area (Å²) in [6.45, 7) is 9.78. The molecule has 1 fully saturated rings. The number of aromatic nitrogens is 3. The average Bonchev–Trinajstić information content (AvgIpc) is 2.70. The smallest absolute Gasteiger partial charge is 0.138 e.